The van der Waals surface area contributed by atoms with Gasteiger partial charge in [-0.1, -0.05) is 60.7 Å². The second-order valence-electron chi connectivity index (χ2n) is 6.16. The molecule has 0 unspecified atom stereocenters. The highest BCUT2D eigenvalue weighted by atomic mass is 16.1. The van der Waals surface area contributed by atoms with Gasteiger partial charge >= 0.3 is 0 Å². The Morgan fingerprint density at radius 2 is 1.58 bits per heavy atom. The van der Waals surface area contributed by atoms with Crippen LogP contribution in [0.5, 0.6) is 0 Å². The van der Waals surface area contributed by atoms with Crippen LogP contribution in [-0.4, -0.2) is 31.4 Å². The van der Waals surface area contributed by atoms with E-state index in [-0.39, 0.29) is 11.9 Å². The van der Waals surface area contributed by atoms with Gasteiger partial charge in [-0.2, -0.15) is 0 Å². The zero-order valence-corrected chi connectivity index (χ0v) is 14.1. The summed E-state index contributed by atoms with van der Waals surface area (Å²) in [5.41, 5.74) is 1.89. The molecule has 3 rings (SSSR count). The third-order valence-corrected chi connectivity index (χ3v) is 4.28. The molecular formula is C21H22N2O. The first-order valence-corrected chi connectivity index (χ1v) is 8.13. The summed E-state index contributed by atoms with van der Waals surface area (Å²) in [7, 11) is 4.06. The number of nitrogens with one attached hydrogen (secondary N) is 1. The average Bonchev–Trinajstić information content (AvgIpc) is 2.62. The Balaban J connectivity index is 1.73. The minimum atomic E-state index is -0.0384. The van der Waals surface area contributed by atoms with E-state index in [1.165, 1.54) is 5.56 Å². The number of fused-ring (bicyclic) bond motifs is 1. The van der Waals surface area contributed by atoms with Crippen molar-refractivity contribution in [3.8, 4) is 0 Å². The normalized spacial score (nSPS) is 12.3. The van der Waals surface area contributed by atoms with Gasteiger partial charge in [0.15, 0.2) is 0 Å². The first-order chi connectivity index (χ1) is 11.6. The lowest BCUT2D eigenvalue weighted by Crippen LogP contribution is -2.34. The molecule has 1 amide bonds. The molecule has 0 aromatic heterocycles. The summed E-state index contributed by atoms with van der Waals surface area (Å²) in [5.74, 6) is -0.0384. The second-order valence-corrected chi connectivity index (χ2v) is 6.16. The van der Waals surface area contributed by atoms with E-state index in [1.807, 2.05) is 68.7 Å². The molecule has 0 aliphatic carbocycles. The Kier molecular flexibility index (Phi) is 4.92. The van der Waals surface area contributed by atoms with E-state index in [4.69, 9.17) is 0 Å². The molecule has 0 bridgehead atoms. The predicted molar refractivity (Wildman–Crippen MR) is 99.2 cm³/mol. The van der Waals surface area contributed by atoms with Gasteiger partial charge in [0.05, 0.1) is 6.04 Å². The minimum Gasteiger partial charge on any atom is -0.350 e. The number of amides is 1. The largest absolute Gasteiger partial charge is 0.350 e. The van der Waals surface area contributed by atoms with Crippen LogP contribution < -0.4 is 5.32 Å². The van der Waals surface area contributed by atoms with E-state index in [0.717, 1.165) is 10.8 Å². The summed E-state index contributed by atoms with van der Waals surface area (Å²) < 4.78 is 0. The quantitative estimate of drug-likeness (QED) is 0.774. The van der Waals surface area contributed by atoms with Crippen molar-refractivity contribution < 1.29 is 4.79 Å². The first kappa shape index (κ1) is 16.2. The molecule has 0 aliphatic rings. The summed E-state index contributed by atoms with van der Waals surface area (Å²) in [6.45, 7) is 0.572. The van der Waals surface area contributed by atoms with Crippen LogP contribution in [0.15, 0.2) is 72.8 Å². The zero-order chi connectivity index (χ0) is 16.9. The number of carbonyl (C=O) groups excluding carboxylic acids is 1. The maximum Gasteiger partial charge on any atom is 0.251 e. The number of benzene rings is 3. The van der Waals surface area contributed by atoms with Crippen LogP contribution in [-0.2, 0) is 0 Å². The Hall–Kier alpha value is -2.65. The van der Waals surface area contributed by atoms with E-state index < -0.39 is 0 Å². The van der Waals surface area contributed by atoms with E-state index in [0.29, 0.717) is 12.1 Å². The van der Waals surface area contributed by atoms with Crippen molar-refractivity contribution in [2.45, 2.75) is 6.04 Å². The van der Waals surface area contributed by atoms with Crippen molar-refractivity contribution in [1.29, 1.82) is 0 Å². The molecule has 0 heterocycles. The Morgan fingerprint density at radius 1 is 0.917 bits per heavy atom. The van der Waals surface area contributed by atoms with E-state index in [2.05, 4.69) is 28.4 Å². The summed E-state index contributed by atoms with van der Waals surface area (Å²) >= 11 is 0. The van der Waals surface area contributed by atoms with Crippen LogP contribution in [0, 0.1) is 0 Å². The topological polar surface area (TPSA) is 32.3 Å². The molecule has 0 radical (unpaired) electrons. The fourth-order valence-electron chi connectivity index (χ4n) is 2.90. The van der Waals surface area contributed by atoms with Gasteiger partial charge in [-0.05, 0) is 42.6 Å². The second kappa shape index (κ2) is 7.28. The van der Waals surface area contributed by atoms with Gasteiger partial charge in [-0.25, -0.2) is 0 Å². The molecule has 122 valence electrons. The molecular weight excluding hydrogens is 296 g/mol. The summed E-state index contributed by atoms with van der Waals surface area (Å²) in [6.07, 6.45) is 0. The van der Waals surface area contributed by atoms with Crippen molar-refractivity contribution in [2.24, 2.45) is 0 Å². The van der Waals surface area contributed by atoms with E-state index in [1.54, 1.807) is 0 Å². The Bertz CT molecular complexity index is 827. The van der Waals surface area contributed by atoms with Crippen molar-refractivity contribution in [2.75, 3.05) is 20.6 Å². The standard InChI is InChI=1S/C21H22N2O/c1-23(2)20(17-9-4-3-5-10-17)15-22-21(24)19-13-12-16-8-6-7-11-18(16)14-19/h3-14,20H,15H2,1-2H3,(H,22,24)/t20-/m0/s1. The van der Waals surface area contributed by atoms with Gasteiger partial charge in [-0.15, -0.1) is 0 Å². The van der Waals surface area contributed by atoms with Crippen LogP contribution in [0.2, 0.25) is 0 Å². The van der Waals surface area contributed by atoms with Crippen molar-refractivity contribution in [3.63, 3.8) is 0 Å². The van der Waals surface area contributed by atoms with Gasteiger partial charge in [0.2, 0.25) is 0 Å². The molecule has 0 spiro atoms. The molecule has 1 N–H and O–H groups in total. The Labute approximate surface area is 142 Å². The number of carbonyl (C=O) groups is 1. The maximum atomic E-state index is 12.5. The highest BCUT2D eigenvalue weighted by molar-refractivity contribution is 5.98. The summed E-state index contributed by atoms with van der Waals surface area (Å²) in [5, 5.41) is 5.29. The van der Waals surface area contributed by atoms with Gasteiger partial charge in [0.1, 0.15) is 0 Å². The molecule has 1 atom stereocenters. The minimum absolute atomic E-state index is 0.0384. The highest BCUT2D eigenvalue weighted by Gasteiger charge is 2.15. The van der Waals surface area contributed by atoms with Gasteiger partial charge in [0.25, 0.3) is 5.91 Å². The summed E-state index contributed by atoms with van der Waals surface area (Å²) in [6, 6.07) is 24.3. The van der Waals surface area contributed by atoms with Crippen LogP contribution in [0.1, 0.15) is 22.0 Å². The molecule has 3 aromatic carbocycles. The van der Waals surface area contributed by atoms with Gasteiger partial charge < -0.3 is 10.2 Å². The highest BCUT2D eigenvalue weighted by Crippen LogP contribution is 2.18. The smallest absolute Gasteiger partial charge is 0.251 e. The average molecular weight is 318 g/mol. The van der Waals surface area contributed by atoms with Crippen LogP contribution in [0.4, 0.5) is 0 Å². The van der Waals surface area contributed by atoms with Crippen molar-refractivity contribution in [1.82, 2.24) is 10.2 Å². The lowest BCUT2D eigenvalue weighted by molar-refractivity contribution is 0.0942. The maximum absolute atomic E-state index is 12.5. The fourth-order valence-corrected chi connectivity index (χ4v) is 2.90. The zero-order valence-electron chi connectivity index (χ0n) is 14.1. The van der Waals surface area contributed by atoms with E-state index >= 15 is 0 Å². The molecule has 3 nitrogen and oxygen atoms in total. The van der Waals surface area contributed by atoms with E-state index in [9.17, 15) is 4.79 Å². The van der Waals surface area contributed by atoms with Crippen LogP contribution in [0.25, 0.3) is 10.8 Å². The number of nitrogens with zero attached hydrogens (tertiary/aromatic N) is 1. The van der Waals surface area contributed by atoms with Crippen molar-refractivity contribution >= 4 is 16.7 Å². The van der Waals surface area contributed by atoms with Gasteiger partial charge in [0, 0.05) is 12.1 Å². The lowest BCUT2D eigenvalue weighted by Gasteiger charge is -2.25. The fraction of sp³-hybridized carbons (Fsp3) is 0.190. The number of rotatable bonds is 5. The molecule has 0 fully saturated rings. The SMILES string of the molecule is CN(C)[C@@H](CNC(=O)c1ccc2ccccc2c1)c1ccccc1. The van der Waals surface area contributed by atoms with Crippen LogP contribution >= 0.6 is 0 Å². The number of hydrogen-bond acceptors (Lipinski definition) is 2. The predicted octanol–water partition coefficient (Wildman–Crippen LogP) is 3.87. The third kappa shape index (κ3) is 3.63. The molecule has 3 heteroatoms. The Morgan fingerprint density at radius 3 is 2.29 bits per heavy atom. The molecule has 3 aromatic rings. The monoisotopic (exact) mass is 318 g/mol. The molecule has 0 saturated heterocycles. The van der Waals surface area contributed by atoms with Gasteiger partial charge in [-0.3, -0.25) is 4.79 Å². The van der Waals surface area contributed by atoms with Crippen LogP contribution in [0.3, 0.4) is 0 Å². The first-order valence-electron chi connectivity index (χ1n) is 8.13. The summed E-state index contributed by atoms with van der Waals surface area (Å²) in [4.78, 5) is 14.6. The number of hydrogen-bond donors (Lipinski definition) is 1. The van der Waals surface area contributed by atoms with Crippen molar-refractivity contribution in [3.05, 3.63) is 83.9 Å². The third-order valence-electron chi connectivity index (χ3n) is 4.28. The number of likely N-dealkylation sites (N-methyl/N-ethyl adjacent to an activating group) is 1. The molecule has 0 saturated carbocycles. The molecule has 0 aliphatic heterocycles. The molecule has 24 heavy (non-hydrogen) atoms. The lowest BCUT2D eigenvalue weighted by atomic mass is 10.0.